The van der Waals surface area contributed by atoms with Gasteiger partial charge in [-0.2, -0.15) is 0 Å². The van der Waals surface area contributed by atoms with E-state index in [9.17, 15) is 0 Å². The fourth-order valence-corrected chi connectivity index (χ4v) is 2.83. The van der Waals surface area contributed by atoms with E-state index in [1.54, 1.807) is 0 Å². The molecule has 2 nitrogen and oxygen atoms in total. The second-order valence-corrected chi connectivity index (χ2v) is 5.41. The zero-order valence-corrected chi connectivity index (χ0v) is 12.1. The third-order valence-corrected chi connectivity index (χ3v) is 3.80. The van der Waals surface area contributed by atoms with Crippen molar-refractivity contribution in [3.63, 3.8) is 0 Å². The highest BCUT2D eigenvalue weighted by Crippen LogP contribution is 2.50. The molecule has 1 heterocycles. The lowest BCUT2D eigenvalue weighted by atomic mass is 10.1. The quantitative estimate of drug-likeness (QED) is 0.461. The molecule has 3 heteroatoms. The summed E-state index contributed by atoms with van der Waals surface area (Å²) in [5.41, 5.74) is 3.15. The first-order chi connectivity index (χ1) is 10.3. The molecule has 0 saturated heterocycles. The Bertz CT molecular complexity index is 770. The molecule has 0 unspecified atom stereocenters. The molecule has 0 N–H and O–H groups in total. The second-order valence-electron chi connectivity index (χ2n) is 4.89. The van der Waals surface area contributed by atoms with Crippen LogP contribution in [-0.4, -0.2) is 0 Å². The molecule has 21 heavy (non-hydrogen) atoms. The molecule has 0 saturated carbocycles. The van der Waals surface area contributed by atoms with Gasteiger partial charge in [-0.05, 0) is 42.5 Å². The molecule has 1 aliphatic rings. The molecule has 0 aromatic heterocycles. The third-order valence-electron chi connectivity index (χ3n) is 3.52. The smallest absolute Gasteiger partial charge is 0.151 e. The Hall–Kier alpha value is -2.39. The molecule has 102 valence electrons. The summed E-state index contributed by atoms with van der Waals surface area (Å²) >= 11 is 4.46. The number of nitrogens with zero attached hydrogens (tertiary/aromatic N) is 1. The van der Waals surface area contributed by atoms with Crippen LogP contribution in [0.3, 0.4) is 0 Å². The molecule has 0 amide bonds. The number of hydrogen-bond acceptors (Lipinski definition) is 3. The van der Waals surface area contributed by atoms with Crippen molar-refractivity contribution in [2.24, 2.45) is 0 Å². The third kappa shape index (κ3) is 2.06. The zero-order valence-electron chi connectivity index (χ0n) is 11.2. The lowest BCUT2D eigenvalue weighted by Crippen LogP contribution is -2.15. The van der Waals surface area contributed by atoms with Crippen molar-refractivity contribution in [1.82, 2.24) is 0 Å². The highest BCUT2D eigenvalue weighted by Gasteiger charge is 2.24. The molecule has 3 aromatic rings. The minimum absolute atomic E-state index is 0.862. The minimum atomic E-state index is 0.862. The van der Waals surface area contributed by atoms with Crippen molar-refractivity contribution in [1.29, 1.82) is 0 Å². The Morgan fingerprint density at radius 2 is 1.33 bits per heavy atom. The Kier molecular flexibility index (Phi) is 2.86. The largest absolute Gasteiger partial charge is 0.453 e. The van der Waals surface area contributed by atoms with Gasteiger partial charge in [0.25, 0.3) is 0 Å². The standard InChI is InChI=1S/C18H13NOS/c21-14-7-5-6-13(12-14)19-15-8-1-3-10-17(15)20-18-11-4-2-9-16(18)19/h1-12,21H. The van der Waals surface area contributed by atoms with Gasteiger partial charge in [0.05, 0.1) is 11.4 Å². The van der Waals surface area contributed by atoms with Gasteiger partial charge in [-0.15, -0.1) is 12.6 Å². The summed E-state index contributed by atoms with van der Waals surface area (Å²) in [5.74, 6) is 1.72. The first kappa shape index (κ1) is 12.4. The van der Waals surface area contributed by atoms with Crippen molar-refractivity contribution in [2.45, 2.75) is 4.90 Å². The maximum atomic E-state index is 6.00. The molecular formula is C18H13NOS. The highest BCUT2D eigenvalue weighted by molar-refractivity contribution is 7.80. The first-order valence-corrected chi connectivity index (χ1v) is 7.23. The van der Waals surface area contributed by atoms with Crippen LogP contribution in [0.4, 0.5) is 17.1 Å². The molecule has 0 spiro atoms. The van der Waals surface area contributed by atoms with Crippen LogP contribution in [0.1, 0.15) is 0 Å². The van der Waals surface area contributed by atoms with E-state index >= 15 is 0 Å². The molecule has 3 aromatic carbocycles. The number of anilines is 3. The molecule has 0 bridgehead atoms. The van der Waals surface area contributed by atoms with Crippen molar-refractivity contribution >= 4 is 29.7 Å². The van der Waals surface area contributed by atoms with E-state index in [1.165, 1.54) is 0 Å². The van der Waals surface area contributed by atoms with Gasteiger partial charge in [0.1, 0.15) is 0 Å². The van der Waals surface area contributed by atoms with E-state index in [1.807, 2.05) is 48.5 Å². The molecule has 0 fully saturated rings. The summed E-state index contributed by atoms with van der Waals surface area (Å²) < 4.78 is 6.00. The first-order valence-electron chi connectivity index (χ1n) is 6.78. The number of thiol groups is 1. The lowest BCUT2D eigenvalue weighted by Gasteiger charge is -2.32. The SMILES string of the molecule is Sc1cccc(N2c3ccccc3Oc3ccccc32)c1. The molecule has 4 rings (SSSR count). The predicted molar refractivity (Wildman–Crippen MR) is 88.5 cm³/mol. The average molecular weight is 291 g/mol. The van der Waals surface area contributed by atoms with E-state index in [0.717, 1.165) is 33.5 Å². The van der Waals surface area contributed by atoms with E-state index in [0.29, 0.717) is 0 Å². The van der Waals surface area contributed by atoms with Crippen LogP contribution in [0.25, 0.3) is 0 Å². The Morgan fingerprint density at radius 1 is 0.714 bits per heavy atom. The maximum Gasteiger partial charge on any atom is 0.151 e. The van der Waals surface area contributed by atoms with E-state index in [-0.39, 0.29) is 0 Å². The Morgan fingerprint density at radius 3 is 1.95 bits per heavy atom. The van der Waals surface area contributed by atoms with Crippen LogP contribution in [0.15, 0.2) is 77.7 Å². The zero-order chi connectivity index (χ0) is 14.2. The van der Waals surface area contributed by atoms with Gasteiger partial charge in [-0.25, -0.2) is 0 Å². The highest BCUT2D eigenvalue weighted by atomic mass is 32.1. The van der Waals surface area contributed by atoms with Crippen molar-refractivity contribution < 1.29 is 4.74 Å². The Balaban J connectivity index is 1.97. The van der Waals surface area contributed by atoms with Crippen molar-refractivity contribution in [3.05, 3.63) is 72.8 Å². The summed E-state index contributed by atoms with van der Waals surface area (Å²) in [7, 11) is 0. The molecule has 0 radical (unpaired) electrons. The summed E-state index contributed by atoms with van der Waals surface area (Å²) in [6.45, 7) is 0. The van der Waals surface area contributed by atoms with Gasteiger partial charge in [0.2, 0.25) is 0 Å². The fourth-order valence-electron chi connectivity index (χ4n) is 2.61. The Labute approximate surface area is 129 Å². The predicted octanol–water partition coefficient (Wildman–Crippen LogP) is 5.55. The van der Waals surface area contributed by atoms with Crippen LogP contribution in [0.2, 0.25) is 0 Å². The van der Waals surface area contributed by atoms with Gasteiger partial charge in [-0.3, -0.25) is 0 Å². The summed E-state index contributed by atoms with van der Waals surface area (Å²) in [4.78, 5) is 3.14. The number of para-hydroxylation sites is 4. The van der Waals surface area contributed by atoms with Crippen molar-refractivity contribution in [3.8, 4) is 11.5 Å². The fraction of sp³-hybridized carbons (Fsp3) is 0. The average Bonchev–Trinajstić information content (AvgIpc) is 2.52. The van der Waals surface area contributed by atoms with E-state index < -0.39 is 0 Å². The topological polar surface area (TPSA) is 12.5 Å². The van der Waals surface area contributed by atoms with Crippen LogP contribution < -0.4 is 9.64 Å². The van der Waals surface area contributed by atoms with Gasteiger partial charge < -0.3 is 9.64 Å². The monoisotopic (exact) mass is 291 g/mol. The van der Waals surface area contributed by atoms with Crippen LogP contribution in [0.5, 0.6) is 11.5 Å². The van der Waals surface area contributed by atoms with Gasteiger partial charge in [0.15, 0.2) is 11.5 Å². The summed E-state index contributed by atoms with van der Waals surface area (Å²) in [6.07, 6.45) is 0. The summed E-state index contributed by atoms with van der Waals surface area (Å²) in [5, 5.41) is 0. The molecule has 1 aliphatic heterocycles. The van der Waals surface area contributed by atoms with Crippen LogP contribution in [0, 0.1) is 0 Å². The van der Waals surface area contributed by atoms with E-state index in [2.05, 4.69) is 41.8 Å². The second kappa shape index (κ2) is 4.86. The normalized spacial score (nSPS) is 12.3. The molecule has 0 atom stereocenters. The van der Waals surface area contributed by atoms with Crippen LogP contribution >= 0.6 is 12.6 Å². The summed E-state index contributed by atoms with van der Waals surface area (Å²) in [6, 6.07) is 24.3. The number of hydrogen-bond donors (Lipinski definition) is 1. The number of rotatable bonds is 1. The maximum absolute atomic E-state index is 6.00. The van der Waals surface area contributed by atoms with Gasteiger partial charge in [-0.1, -0.05) is 30.3 Å². The van der Waals surface area contributed by atoms with E-state index in [4.69, 9.17) is 4.74 Å². The van der Waals surface area contributed by atoms with Crippen molar-refractivity contribution in [2.75, 3.05) is 4.90 Å². The molecular weight excluding hydrogens is 278 g/mol. The lowest BCUT2D eigenvalue weighted by molar-refractivity contribution is 0.477. The number of benzene rings is 3. The van der Waals surface area contributed by atoms with Gasteiger partial charge in [0, 0.05) is 10.6 Å². The number of ether oxygens (including phenoxy) is 1. The minimum Gasteiger partial charge on any atom is -0.453 e. The molecule has 0 aliphatic carbocycles. The van der Waals surface area contributed by atoms with Gasteiger partial charge >= 0.3 is 0 Å². The number of fused-ring (bicyclic) bond motifs is 2. The van der Waals surface area contributed by atoms with Crippen LogP contribution in [-0.2, 0) is 0 Å².